The van der Waals surface area contributed by atoms with E-state index in [0.29, 0.717) is 18.6 Å². The second-order valence-corrected chi connectivity index (χ2v) is 3.89. The Bertz CT molecular complexity index is 373. The van der Waals surface area contributed by atoms with E-state index in [-0.39, 0.29) is 12.0 Å². The second kappa shape index (κ2) is 5.49. The summed E-state index contributed by atoms with van der Waals surface area (Å²) in [6.07, 6.45) is -4.02. The Morgan fingerprint density at radius 3 is 2.47 bits per heavy atom. The highest BCUT2D eigenvalue weighted by Crippen LogP contribution is 2.32. The molecule has 96 valence electrons. The van der Waals surface area contributed by atoms with Crippen molar-refractivity contribution in [2.24, 2.45) is 0 Å². The molecule has 1 aromatic rings. The Kier molecular flexibility index (Phi) is 4.51. The SMILES string of the molecule is CCCCC(O)c1cc(C(F)(F)F)ccc1F. The maximum atomic E-state index is 13.3. The summed E-state index contributed by atoms with van der Waals surface area (Å²) in [5.41, 5.74) is -1.22. The smallest absolute Gasteiger partial charge is 0.388 e. The van der Waals surface area contributed by atoms with Crippen LogP contribution in [-0.2, 0) is 6.18 Å². The third-order valence-electron chi connectivity index (χ3n) is 2.51. The first kappa shape index (κ1) is 14.0. The number of aliphatic hydroxyl groups is 1. The van der Waals surface area contributed by atoms with Gasteiger partial charge in [-0.15, -0.1) is 0 Å². The van der Waals surface area contributed by atoms with Crippen LogP contribution >= 0.6 is 0 Å². The molecule has 1 nitrogen and oxygen atoms in total. The average Bonchev–Trinajstić information content (AvgIpc) is 2.24. The maximum absolute atomic E-state index is 13.3. The molecule has 17 heavy (non-hydrogen) atoms. The highest BCUT2D eigenvalue weighted by Gasteiger charge is 2.31. The number of rotatable bonds is 4. The van der Waals surface area contributed by atoms with Gasteiger partial charge in [-0.3, -0.25) is 0 Å². The van der Waals surface area contributed by atoms with Gasteiger partial charge in [0.05, 0.1) is 11.7 Å². The number of alkyl halides is 3. The van der Waals surface area contributed by atoms with Crippen LogP contribution in [0.3, 0.4) is 0 Å². The summed E-state index contributed by atoms with van der Waals surface area (Å²) >= 11 is 0. The minimum atomic E-state index is -4.52. The van der Waals surface area contributed by atoms with Crippen molar-refractivity contribution in [3.63, 3.8) is 0 Å². The topological polar surface area (TPSA) is 20.2 Å². The van der Waals surface area contributed by atoms with Crippen molar-refractivity contribution in [1.29, 1.82) is 0 Å². The Morgan fingerprint density at radius 2 is 1.94 bits per heavy atom. The van der Waals surface area contributed by atoms with Crippen LogP contribution < -0.4 is 0 Å². The van der Waals surface area contributed by atoms with Crippen molar-refractivity contribution in [2.45, 2.75) is 38.5 Å². The van der Waals surface area contributed by atoms with E-state index in [1.807, 2.05) is 6.92 Å². The molecule has 0 amide bonds. The Hall–Kier alpha value is -1.10. The molecule has 0 bridgehead atoms. The molecule has 0 spiro atoms. The molecule has 1 rings (SSSR count). The highest BCUT2D eigenvalue weighted by molar-refractivity contribution is 5.28. The molecule has 0 aromatic heterocycles. The van der Waals surface area contributed by atoms with Gasteiger partial charge in [0.1, 0.15) is 5.82 Å². The molecule has 0 aliphatic rings. The molecule has 0 aliphatic carbocycles. The Labute approximate surface area is 97.1 Å². The molecular weight excluding hydrogens is 236 g/mol. The molecule has 1 aromatic carbocycles. The first-order valence-corrected chi connectivity index (χ1v) is 5.41. The summed E-state index contributed by atoms with van der Waals surface area (Å²) in [7, 11) is 0. The molecular formula is C12H14F4O. The normalized spacial score (nSPS) is 13.8. The minimum Gasteiger partial charge on any atom is -0.388 e. The van der Waals surface area contributed by atoms with Crippen molar-refractivity contribution in [2.75, 3.05) is 0 Å². The zero-order chi connectivity index (χ0) is 13.1. The summed E-state index contributed by atoms with van der Waals surface area (Å²) < 4.78 is 50.5. The summed E-state index contributed by atoms with van der Waals surface area (Å²) in [6.45, 7) is 1.88. The summed E-state index contributed by atoms with van der Waals surface area (Å²) in [6, 6.07) is 2.09. The molecule has 1 N–H and O–H groups in total. The van der Waals surface area contributed by atoms with Gasteiger partial charge in [0, 0.05) is 5.56 Å². The van der Waals surface area contributed by atoms with Crippen molar-refractivity contribution >= 4 is 0 Å². The van der Waals surface area contributed by atoms with Crippen molar-refractivity contribution in [3.8, 4) is 0 Å². The number of halogens is 4. The lowest BCUT2D eigenvalue weighted by Crippen LogP contribution is -2.08. The third-order valence-corrected chi connectivity index (χ3v) is 2.51. The largest absolute Gasteiger partial charge is 0.416 e. The molecule has 0 fully saturated rings. The van der Waals surface area contributed by atoms with Gasteiger partial charge in [0.15, 0.2) is 0 Å². The van der Waals surface area contributed by atoms with Gasteiger partial charge in [0.2, 0.25) is 0 Å². The van der Waals surface area contributed by atoms with Gasteiger partial charge >= 0.3 is 6.18 Å². The first-order chi connectivity index (χ1) is 7.86. The predicted molar refractivity (Wildman–Crippen MR) is 55.9 cm³/mol. The van der Waals surface area contributed by atoms with E-state index in [1.165, 1.54) is 0 Å². The Morgan fingerprint density at radius 1 is 1.29 bits per heavy atom. The van der Waals surface area contributed by atoms with Crippen molar-refractivity contribution in [1.82, 2.24) is 0 Å². The molecule has 0 saturated carbocycles. The van der Waals surface area contributed by atoms with E-state index < -0.39 is 23.7 Å². The van der Waals surface area contributed by atoms with Crippen molar-refractivity contribution in [3.05, 3.63) is 35.1 Å². The quantitative estimate of drug-likeness (QED) is 0.799. The van der Waals surface area contributed by atoms with Crippen LogP contribution in [0.25, 0.3) is 0 Å². The van der Waals surface area contributed by atoms with Crippen LogP contribution in [-0.4, -0.2) is 5.11 Å². The fourth-order valence-corrected chi connectivity index (χ4v) is 1.53. The number of benzene rings is 1. The highest BCUT2D eigenvalue weighted by atomic mass is 19.4. The van der Waals surface area contributed by atoms with Gasteiger partial charge in [0.25, 0.3) is 0 Å². The number of hydrogen-bond donors (Lipinski definition) is 1. The van der Waals surface area contributed by atoms with Gasteiger partial charge in [-0.05, 0) is 24.6 Å². The monoisotopic (exact) mass is 250 g/mol. The van der Waals surface area contributed by atoms with Gasteiger partial charge in [-0.25, -0.2) is 4.39 Å². The zero-order valence-corrected chi connectivity index (χ0v) is 9.39. The first-order valence-electron chi connectivity index (χ1n) is 5.41. The number of unbranched alkanes of at least 4 members (excludes halogenated alkanes) is 1. The van der Waals surface area contributed by atoms with Gasteiger partial charge in [-0.1, -0.05) is 19.8 Å². The van der Waals surface area contributed by atoms with E-state index in [9.17, 15) is 22.7 Å². The lowest BCUT2D eigenvalue weighted by Gasteiger charge is -2.14. The van der Waals surface area contributed by atoms with E-state index in [4.69, 9.17) is 0 Å². The zero-order valence-electron chi connectivity index (χ0n) is 9.39. The van der Waals surface area contributed by atoms with Gasteiger partial charge in [-0.2, -0.15) is 13.2 Å². The van der Waals surface area contributed by atoms with Gasteiger partial charge < -0.3 is 5.11 Å². The molecule has 1 atom stereocenters. The molecule has 0 saturated heterocycles. The van der Waals surface area contributed by atoms with Crippen LogP contribution in [0.4, 0.5) is 17.6 Å². The number of aliphatic hydroxyl groups excluding tert-OH is 1. The molecule has 1 unspecified atom stereocenters. The fraction of sp³-hybridized carbons (Fsp3) is 0.500. The second-order valence-electron chi connectivity index (χ2n) is 3.89. The summed E-state index contributed by atoms with van der Waals surface area (Å²) in [5.74, 6) is -0.804. The lowest BCUT2D eigenvalue weighted by molar-refractivity contribution is -0.137. The molecule has 0 radical (unpaired) electrons. The third kappa shape index (κ3) is 3.70. The molecule has 5 heteroatoms. The van der Waals surface area contributed by atoms with E-state index in [1.54, 1.807) is 0 Å². The lowest BCUT2D eigenvalue weighted by atomic mass is 10.0. The van der Waals surface area contributed by atoms with E-state index in [2.05, 4.69) is 0 Å². The minimum absolute atomic E-state index is 0.259. The standard InChI is InChI=1S/C12H14F4O/c1-2-3-4-11(17)9-7-8(12(14,15)16)5-6-10(9)13/h5-7,11,17H,2-4H2,1H3. The average molecular weight is 250 g/mol. The Balaban J connectivity index is 2.98. The predicted octanol–water partition coefficient (Wildman–Crippen LogP) is 4.07. The molecule has 0 aliphatic heterocycles. The summed E-state index contributed by atoms with van der Waals surface area (Å²) in [5, 5.41) is 9.62. The number of hydrogen-bond acceptors (Lipinski definition) is 1. The summed E-state index contributed by atoms with van der Waals surface area (Å²) in [4.78, 5) is 0. The van der Waals surface area contributed by atoms with Crippen LogP contribution in [0.1, 0.15) is 43.4 Å². The van der Waals surface area contributed by atoms with Crippen LogP contribution in [0, 0.1) is 5.82 Å². The molecule has 0 heterocycles. The fourth-order valence-electron chi connectivity index (χ4n) is 1.53. The van der Waals surface area contributed by atoms with E-state index in [0.717, 1.165) is 12.5 Å². The van der Waals surface area contributed by atoms with Crippen LogP contribution in [0.15, 0.2) is 18.2 Å². The van der Waals surface area contributed by atoms with E-state index >= 15 is 0 Å². The maximum Gasteiger partial charge on any atom is 0.416 e. The van der Waals surface area contributed by atoms with Crippen LogP contribution in [0.5, 0.6) is 0 Å². The van der Waals surface area contributed by atoms with Crippen LogP contribution in [0.2, 0.25) is 0 Å². The van der Waals surface area contributed by atoms with Crippen molar-refractivity contribution < 1.29 is 22.7 Å².